The van der Waals surface area contributed by atoms with Crippen LogP contribution >= 0.6 is 0 Å². The molecule has 0 aliphatic carbocycles. The van der Waals surface area contributed by atoms with Gasteiger partial charge in [-0.15, -0.1) is 0 Å². The van der Waals surface area contributed by atoms with Crippen molar-refractivity contribution in [3.05, 3.63) is 158 Å². The summed E-state index contributed by atoms with van der Waals surface area (Å²) in [5.74, 6) is -0.205. The lowest BCUT2D eigenvalue weighted by Crippen LogP contribution is -2.60. The van der Waals surface area contributed by atoms with Gasteiger partial charge in [0.1, 0.15) is 24.4 Å². The van der Waals surface area contributed by atoms with Gasteiger partial charge in [-0.3, -0.25) is 4.79 Å². The van der Waals surface area contributed by atoms with Gasteiger partial charge in [0.25, 0.3) is 0 Å². The summed E-state index contributed by atoms with van der Waals surface area (Å²) in [5, 5.41) is 54.5. The zero-order valence-electron chi connectivity index (χ0n) is 49.6. The van der Waals surface area contributed by atoms with Gasteiger partial charge in [0, 0.05) is 6.42 Å². The first kappa shape index (κ1) is 72.8. The number of hydrogen-bond acceptors (Lipinski definition) is 8. The Labute approximate surface area is 482 Å². The van der Waals surface area contributed by atoms with E-state index in [0.717, 1.165) is 122 Å². The number of aliphatic hydroxyl groups excluding tert-OH is 5. The molecule has 446 valence electrons. The molecule has 0 bridgehead atoms. The molecule has 0 radical (unpaired) electrons. The number of carbonyl (C=O) groups excluding carboxylic acids is 1. The maximum atomic E-state index is 13.1. The lowest BCUT2D eigenvalue weighted by atomic mass is 9.99. The Kier molecular flexibility index (Phi) is 52.6. The number of ether oxygens (including phenoxy) is 2. The summed E-state index contributed by atoms with van der Waals surface area (Å²) in [6.45, 7) is 3.62. The molecule has 1 saturated heterocycles. The molecule has 0 saturated carbocycles. The molecule has 0 aromatic rings. The summed E-state index contributed by atoms with van der Waals surface area (Å²) in [6.07, 6.45) is 83.2. The van der Waals surface area contributed by atoms with Crippen LogP contribution in [0, 0.1) is 0 Å². The molecule has 9 nitrogen and oxygen atoms in total. The Morgan fingerprint density at radius 3 is 1.22 bits per heavy atom. The fraction of sp³-hybridized carbons (Fsp3) is 0.614. The maximum absolute atomic E-state index is 13.1. The van der Waals surface area contributed by atoms with E-state index < -0.39 is 49.5 Å². The van der Waals surface area contributed by atoms with E-state index in [9.17, 15) is 30.3 Å². The minimum absolute atomic E-state index is 0.205. The molecule has 7 atom stereocenters. The molecule has 1 amide bonds. The Balaban J connectivity index is 2.18. The number of unbranched alkanes of at least 4 members (excludes halogenated alkanes) is 17. The average Bonchev–Trinajstić information content (AvgIpc) is 3.46. The lowest BCUT2D eigenvalue weighted by Gasteiger charge is -2.40. The first-order valence-electron chi connectivity index (χ1n) is 31.2. The van der Waals surface area contributed by atoms with Crippen molar-refractivity contribution in [2.45, 2.75) is 262 Å². The Hall–Kier alpha value is -4.19. The monoisotopic (exact) mass is 1100 g/mol. The number of hydrogen-bond donors (Lipinski definition) is 6. The minimum atomic E-state index is -1.58. The summed E-state index contributed by atoms with van der Waals surface area (Å²) in [4.78, 5) is 13.1. The highest BCUT2D eigenvalue weighted by Gasteiger charge is 2.44. The minimum Gasteiger partial charge on any atom is -0.394 e. The number of rotatable bonds is 51. The van der Waals surface area contributed by atoms with E-state index in [0.29, 0.717) is 6.42 Å². The van der Waals surface area contributed by atoms with Gasteiger partial charge in [0.2, 0.25) is 5.91 Å². The van der Waals surface area contributed by atoms with Crippen molar-refractivity contribution in [1.82, 2.24) is 5.32 Å². The molecule has 1 rings (SSSR count). The van der Waals surface area contributed by atoms with E-state index in [-0.39, 0.29) is 12.5 Å². The second kappa shape index (κ2) is 57.1. The van der Waals surface area contributed by atoms with Crippen molar-refractivity contribution < 1.29 is 39.8 Å². The smallest absolute Gasteiger partial charge is 0.220 e. The van der Waals surface area contributed by atoms with Crippen LogP contribution in [0.4, 0.5) is 0 Å². The van der Waals surface area contributed by atoms with Gasteiger partial charge in [-0.1, -0.05) is 255 Å². The van der Waals surface area contributed by atoms with Crippen molar-refractivity contribution >= 4 is 5.91 Å². The zero-order valence-corrected chi connectivity index (χ0v) is 49.6. The molecule has 9 heteroatoms. The molecular formula is C70H113NO8. The predicted octanol–water partition coefficient (Wildman–Crippen LogP) is 16.4. The van der Waals surface area contributed by atoms with Crippen molar-refractivity contribution in [2.24, 2.45) is 0 Å². The summed E-state index contributed by atoms with van der Waals surface area (Å²) >= 11 is 0. The van der Waals surface area contributed by atoms with E-state index >= 15 is 0 Å². The number of carbonyl (C=O) groups is 1. The largest absolute Gasteiger partial charge is 0.394 e. The van der Waals surface area contributed by atoms with Crippen LogP contribution in [-0.2, 0) is 14.3 Å². The second-order valence-electron chi connectivity index (χ2n) is 20.8. The second-order valence-corrected chi connectivity index (χ2v) is 20.8. The van der Waals surface area contributed by atoms with Crippen LogP contribution in [0.5, 0.6) is 0 Å². The number of allylic oxidation sites excluding steroid dienone is 25. The number of aliphatic hydroxyl groups is 5. The molecule has 1 aliphatic heterocycles. The molecule has 79 heavy (non-hydrogen) atoms. The van der Waals surface area contributed by atoms with Gasteiger partial charge in [0.05, 0.1) is 25.4 Å². The summed E-state index contributed by atoms with van der Waals surface area (Å²) in [5.41, 5.74) is 0. The fourth-order valence-electron chi connectivity index (χ4n) is 8.71. The Morgan fingerprint density at radius 2 is 0.797 bits per heavy atom. The lowest BCUT2D eigenvalue weighted by molar-refractivity contribution is -0.302. The normalized spacial score (nSPS) is 19.7. The molecular weight excluding hydrogens is 983 g/mol. The van der Waals surface area contributed by atoms with Crippen LogP contribution in [0.15, 0.2) is 158 Å². The highest BCUT2D eigenvalue weighted by molar-refractivity contribution is 5.76. The molecule has 6 N–H and O–H groups in total. The average molecular weight is 1100 g/mol. The molecule has 1 fully saturated rings. The highest BCUT2D eigenvalue weighted by atomic mass is 16.7. The maximum Gasteiger partial charge on any atom is 0.220 e. The third kappa shape index (κ3) is 46.2. The number of nitrogens with one attached hydrogen (secondary N) is 1. The van der Waals surface area contributed by atoms with Crippen molar-refractivity contribution in [3.63, 3.8) is 0 Å². The molecule has 1 heterocycles. The first-order chi connectivity index (χ1) is 38.8. The van der Waals surface area contributed by atoms with E-state index in [1.54, 1.807) is 6.08 Å². The first-order valence-corrected chi connectivity index (χ1v) is 31.2. The van der Waals surface area contributed by atoms with Gasteiger partial charge < -0.3 is 40.3 Å². The highest BCUT2D eigenvalue weighted by Crippen LogP contribution is 2.23. The van der Waals surface area contributed by atoms with E-state index in [1.165, 1.54) is 77.0 Å². The van der Waals surface area contributed by atoms with Crippen molar-refractivity contribution in [3.8, 4) is 0 Å². The van der Waals surface area contributed by atoms with E-state index in [1.807, 2.05) is 6.08 Å². The van der Waals surface area contributed by atoms with Crippen LogP contribution in [0.1, 0.15) is 219 Å². The summed E-state index contributed by atoms with van der Waals surface area (Å²) < 4.78 is 11.2. The standard InChI is InChI=1S/C70H113NO8/c1-3-5-7-9-11-13-15-17-19-20-21-22-23-24-25-26-27-28-29-30-31-32-33-34-35-36-37-38-39-40-41-42-43-44-46-48-50-52-54-56-58-60-66(74)71-63(62-78-70-69(77)68(76)67(75)65(61-72)79-70)64(73)59-57-55-53-51-49-47-45-18-16-14-12-10-8-6-4-2/h5,7,11,13,17,19,21-22,24-25,27-28,30-31,33-34,36-37,39-40,42-43,49,51,57,59,63-65,67-70,72-73,75-77H,3-4,6,8-10,12,14-16,18,20,23,26,29,32,35,38,41,44-48,50,52-56,58,60-62H2,1-2H3,(H,71,74)/b7-5-,13-11-,19-17-,22-21-,25-24-,28-27-,31-30-,34-33-,37-36-,40-39-,43-42-,51-49+,59-57+. The zero-order chi connectivity index (χ0) is 57.2. The molecule has 7 unspecified atom stereocenters. The Bertz CT molecular complexity index is 1800. The molecule has 0 spiro atoms. The van der Waals surface area contributed by atoms with Crippen LogP contribution in [0.2, 0.25) is 0 Å². The van der Waals surface area contributed by atoms with Crippen LogP contribution in [0.25, 0.3) is 0 Å². The van der Waals surface area contributed by atoms with Crippen molar-refractivity contribution in [2.75, 3.05) is 13.2 Å². The van der Waals surface area contributed by atoms with Crippen LogP contribution in [0.3, 0.4) is 0 Å². The molecule has 1 aliphatic rings. The molecule has 0 aromatic carbocycles. The topological polar surface area (TPSA) is 149 Å². The van der Waals surface area contributed by atoms with Crippen LogP contribution in [-0.4, -0.2) is 87.5 Å². The van der Waals surface area contributed by atoms with Gasteiger partial charge >= 0.3 is 0 Å². The third-order valence-corrected chi connectivity index (χ3v) is 13.6. The van der Waals surface area contributed by atoms with Crippen LogP contribution < -0.4 is 5.32 Å². The predicted molar refractivity (Wildman–Crippen MR) is 336 cm³/mol. The van der Waals surface area contributed by atoms with Gasteiger partial charge in [-0.2, -0.15) is 0 Å². The quantitative estimate of drug-likeness (QED) is 0.0261. The van der Waals surface area contributed by atoms with Crippen molar-refractivity contribution in [1.29, 1.82) is 0 Å². The summed E-state index contributed by atoms with van der Waals surface area (Å²) in [6, 6.07) is -0.839. The van der Waals surface area contributed by atoms with Gasteiger partial charge in [-0.05, 0) is 116 Å². The third-order valence-electron chi connectivity index (χ3n) is 13.6. The fourth-order valence-corrected chi connectivity index (χ4v) is 8.71. The SMILES string of the molecule is CC/C=C\C/C=C\C/C=C\C/C=C\C/C=C\C/C=C\C/C=C\C/C=C\C/C=C\C/C=C\C/C=C\CCCCCCCCCC(=O)NC(COC1OC(CO)C(O)C(O)C1O)C(O)/C=C/CC/C=C/CCCCCCCCCCC. The van der Waals surface area contributed by atoms with E-state index in [4.69, 9.17) is 9.47 Å². The summed E-state index contributed by atoms with van der Waals surface area (Å²) in [7, 11) is 0. The molecule has 0 aromatic heterocycles. The van der Waals surface area contributed by atoms with Gasteiger partial charge in [0.15, 0.2) is 6.29 Å². The van der Waals surface area contributed by atoms with Gasteiger partial charge in [-0.25, -0.2) is 0 Å². The Morgan fingerprint density at radius 1 is 0.443 bits per heavy atom. The number of amides is 1. The van der Waals surface area contributed by atoms with E-state index in [2.05, 4.69) is 165 Å².